The first-order valence-electron chi connectivity index (χ1n) is 7.43. The number of hydrogen-bond acceptors (Lipinski definition) is 4. The standard InChI is InChI=1S/C15H7ClF6N4O3/c1-26-10-6(24-13(29)15(20,21)22)3-5(23-12(28)14(17,18)19)9-8(10)4(11(26)27)2-7(16)25-9/h2-3H,1H3,(H,23,28)(H,24,29). The fourth-order valence-electron chi connectivity index (χ4n) is 2.74. The molecule has 0 spiro atoms. The summed E-state index contributed by atoms with van der Waals surface area (Å²) in [6.07, 6.45) is -10.6. The maximum Gasteiger partial charge on any atom is 0.471 e. The summed E-state index contributed by atoms with van der Waals surface area (Å²) < 4.78 is 75.9. The molecule has 0 saturated carbocycles. The minimum atomic E-state index is -5.32. The van der Waals surface area contributed by atoms with Crippen molar-refractivity contribution in [2.24, 2.45) is 0 Å². The van der Waals surface area contributed by atoms with Crippen LogP contribution in [0.3, 0.4) is 0 Å². The van der Waals surface area contributed by atoms with E-state index in [-0.39, 0.29) is 27.3 Å². The lowest BCUT2D eigenvalue weighted by Gasteiger charge is -2.19. The van der Waals surface area contributed by atoms with Crippen LogP contribution >= 0.6 is 11.6 Å². The van der Waals surface area contributed by atoms with Gasteiger partial charge in [0, 0.05) is 12.4 Å². The minimum Gasteiger partial charge on any atom is -0.316 e. The molecule has 0 saturated heterocycles. The van der Waals surface area contributed by atoms with Gasteiger partial charge in [0.25, 0.3) is 5.91 Å². The Morgan fingerprint density at radius 1 is 1.00 bits per heavy atom. The van der Waals surface area contributed by atoms with Crippen LogP contribution in [0.2, 0.25) is 5.15 Å². The Kier molecular flexibility index (Phi) is 4.61. The van der Waals surface area contributed by atoms with E-state index in [4.69, 9.17) is 11.6 Å². The van der Waals surface area contributed by atoms with Crippen LogP contribution in [0.15, 0.2) is 12.1 Å². The zero-order valence-electron chi connectivity index (χ0n) is 13.9. The van der Waals surface area contributed by atoms with Gasteiger partial charge in [-0.2, -0.15) is 26.3 Å². The lowest BCUT2D eigenvalue weighted by atomic mass is 10.1. The highest BCUT2D eigenvalue weighted by atomic mass is 35.5. The van der Waals surface area contributed by atoms with E-state index in [0.717, 1.165) is 11.0 Å². The predicted molar refractivity (Wildman–Crippen MR) is 88.9 cm³/mol. The van der Waals surface area contributed by atoms with E-state index in [2.05, 4.69) is 4.98 Å². The number of pyridine rings is 1. The number of alkyl halides is 6. The number of carbonyl (C=O) groups is 3. The highest BCUT2D eigenvalue weighted by Crippen LogP contribution is 2.46. The number of nitrogens with zero attached hydrogens (tertiary/aromatic N) is 2. The number of amides is 3. The van der Waals surface area contributed by atoms with Gasteiger partial charge >= 0.3 is 24.2 Å². The third-order valence-corrected chi connectivity index (χ3v) is 4.10. The molecular weight excluding hydrogens is 434 g/mol. The first-order valence-corrected chi connectivity index (χ1v) is 7.81. The van der Waals surface area contributed by atoms with Gasteiger partial charge in [0.05, 0.1) is 28.1 Å². The van der Waals surface area contributed by atoms with Crippen LogP contribution in [0.4, 0.5) is 43.4 Å². The molecule has 0 unspecified atom stereocenters. The van der Waals surface area contributed by atoms with E-state index in [0.29, 0.717) is 6.07 Å². The van der Waals surface area contributed by atoms with Gasteiger partial charge in [0.15, 0.2) is 0 Å². The minimum absolute atomic E-state index is 0.178. The molecule has 0 atom stereocenters. The molecule has 1 aliphatic heterocycles. The van der Waals surface area contributed by atoms with Crippen LogP contribution in [0.1, 0.15) is 10.4 Å². The SMILES string of the molecule is CN1C(=O)c2cc(Cl)nc3c(NC(=O)C(F)(F)F)cc(NC(=O)C(F)(F)F)c1c23. The number of hydrogen-bond donors (Lipinski definition) is 2. The van der Waals surface area contributed by atoms with Crippen molar-refractivity contribution in [1.29, 1.82) is 0 Å². The van der Waals surface area contributed by atoms with Gasteiger partial charge in [-0.3, -0.25) is 14.4 Å². The van der Waals surface area contributed by atoms with Crippen LogP contribution in [-0.2, 0) is 9.59 Å². The molecule has 1 aliphatic rings. The van der Waals surface area contributed by atoms with Gasteiger partial charge in [-0.15, -0.1) is 0 Å². The molecule has 3 amide bonds. The van der Waals surface area contributed by atoms with E-state index in [1.807, 2.05) is 0 Å². The van der Waals surface area contributed by atoms with Crippen molar-refractivity contribution < 1.29 is 40.7 Å². The molecular formula is C15H7ClF6N4O3. The summed E-state index contributed by atoms with van der Waals surface area (Å²) >= 11 is 5.79. The fourth-order valence-corrected chi connectivity index (χ4v) is 2.93. The van der Waals surface area contributed by atoms with Gasteiger partial charge < -0.3 is 15.5 Å². The Morgan fingerprint density at radius 3 is 2.03 bits per heavy atom. The Balaban J connectivity index is 2.28. The molecule has 7 nitrogen and oxygen atoms in total. The first kappa shape index (κ1) is 20.6. The highest BCUT2D eigenvalue weighted by molar-refractivity contribution is 6.34. The van der Waals surface area contributed by atoms with Crippen molar-refractivity contribution in [1.82, 2.24) is 4.98 Å². The fraction of sp³-hybridized carbons (Fsp3) is 0.200. The Labute approximate surface area is 161 Å². The maximum absolute atomic E-state index is 12.7. The molecule has 0 fully saturated rings. The van der Waals surface area contributed by atoms with Gasteiger partial charge in [-0.25, -0.2) is 4.98 Å². The average Bonchev–Trinajstić information content (AvgIpc) is 2.82. The number of nitrogens with one attached hydrogen (secondary N) is 2. The Morgan fingerprint density at radius 2 is 1.52 bits per heavy atom. The van der Waals surface area contributed by atoms with E-state index >= 15 is 0 Å². The van der Waals surface area contributed by atoms with Gasteiger partial charge in [0.1, 0.15) is 5.15 Å². The van der Waals surface area contributed by atoms with Crippen LogP contribution in [-0.4, -0.2) is 42.1 Å². The number of aromatic nitrogens is 1. The van der Waals surface area contributed by atoms with E-state index in [9.17, 15) is 40.7 Å². The molecule has 2 N–H and O–H groups in total. The summed E-state index contributed by atoms with van der Waals surface area (Å²) in [6, 6.07) is 1.69. The molecule has 2 heterocycles. The van der Waals surface area contributed by atoms with Crippen molar-refractivity contribution in [2.45, 2.75) is 12.4 Å². The van der Waals surface area contributed by atoms with Crippen LogP contribution in [0.25, 0.3) is 10.9 Å². The van der Waals surface area contributed by atoms with Gasteiger partial charge in [0.2, 0.25) is 0 Å². The third kappa shape index (κ3) is 3.52. The number of rotatable bonds is 2. The molecule has 0 aliphatic carbocycles. The molecule has 0 radical (unpaired) electrons. The van der Waals surface area contributed by atoms with Crippen LogP contribution in [0, 0.1) is 0 Å². The van der Waals surface area contributed by atoms with Crippen molar-refractivity contribution in [2.75, 3.05) is 22.6 Å². The second-order valence-corrected chi connectivity index (χ2v) is 6.19. The molecule has 154 valence electrons. The number of halogens is 7. The number of anilines is 3. The first-order chi connectivity index (χ1) is 13.2. The zero-order chi connectivity index (χ0) is 21.9. The average molecular weight is 441 g/mol. The topological polar surface area (TPSA) is 91.4 Å². The molecule has 3 rings (SSSR count). The molecule has 0 bridgehead atoms. The summed E-state index contributed by atoms with van der Waals surface area (Å²) in [5.41, 5.74) is -2.15. The Hall–Kier alpha value is -3.09. The van der Waals surface area contributed by atoms with Crippen LogP contribution < -0.4 is 15.5 Å². The summed E-state index contributed by atoms with van der Waals surface area (Å²) in [5, 5.41) is 2.47. The van der Waals surface area contributed by atoms with Crippen LogP contribution in [0.5, 0.6) is 0 Å². The largest absolute Gasteiger partial charge is 0.471 e. The maximum atomic E-state index is 12.7. The lowest BCUT2D eigenvalue weighted by Crippen LogP contribution is -2.32. The zero-order valence-corrected chi connectivity index (χ0v) is 14.7. The molecule has 14 heteroatoms. The summed E-state index contributed by atoms with van der Waals surface area (Å²) in [7, 11) is 1.17. The quantitative estimate of drug-likeness (QED) is 0.552. The second kappa shape index (κ2) is 6.47. The van der Waals surface area contributed by atoms with Gasteiger partial charge in [-0.05, 0) is 12.1 Å². The summed E-state index contributed by atoms with van der Waals surface area (Å²) in [5.74, 6) is -5.63. The monoisotopic (exact) mass is 440 g/mol. The summed E-state index contributed by atoms with van der Waals surface area (Å²) in [6.45, 7) is 0. The molecule has 2 aromatic rings. The summed E-state index contributed by atoms with van der Waals surface area (Å²) in [4.78, 5) is 39.7. The van der Waals surface area contributed by atoms with Crippen molar-refractivity contribution >= 4 is 57.3 Å². The third-order valence-electron chi connectivity index (χ3n) is 3.91. The molecule has 1 aromatic heterocycles. The normalized spacial score (nSPS) is 13.8. The van der Waals surface area contributed by atoms with E-state index in [1.165, 1.54) is 17.7 Å². The van der Waals surface area contributed by atoms with Gasteiger partial charge in [-0.1, -0.05) is 11.6 Å². The van der Waals surface area contributed by atoms with Crippen molar-refractivity contribution in [3.8, 4) is 0 Å². The number of carbonyl (C=O) groups excluding carboxylic acids is 3. The second-order valence-electron chi connectivity index (χ2n) is 5.80. The molecule has 1 aromatic carbocycles. The van der Waals surface area contributed by atoms with E-state index < -0.39 is 41.4 Å². The predicted octanol–water partition coefficient (Wildman–Crippen LogP) is 3.48. The smallest absolute Gasteiger partial charge is 0.316 e. The van der Waals surface area contributed by atoms with Crippen molar-refractivity contribution in [3.63, 3.8) is 0 Å². The Bertz CT molecular complexity index is 1080. The van der Waals surface area contributed by atoms with E-state index in [1.54, 1.807) is 0 Å². The number of benzene rings is 1. The lowest BCUT2D eigenvalue weighted by molar-refractivity contribution is -0.167. The highest BCUT2D eigenvalue weighted by Gasteiger charge is 2.42. The van der Waals surface area contributed by atoms with Crippen molar-refractivity contribution in [3.05, 3.63) is 22.8 Å². The molecule has 29 heavy (non-hydrogen) atoms.